The highest BCUT2D eigenvalue weighted by Crippen LogP contribution is 2.12. The predicted molar refractivity (Wildman–Crippen MR) is 59.1 cm³/mol. The van der Waals surface area contributed by atoms with Crippen LogP contribution in [0.25, 0.3) is 5.69 Å². The monoisotopic (exact) mass is 265 g/mol. The molecule has 0 radical (unpaired) electrons. The number of ketones is 1. The van der Waals surface area contributed by atoms with E-state index in [2.05, 4.69) is 26.0 Å². The fourth-order valence-electron chi connectivity index (χ4n) is 1.19. The van der Waals surface area contributed by atoms with Crippen LogP contribution in [0.4, 0.5) is 0 Å². The first-order valence-corrected chi connectivity index (χ1v) is 5.12. The maximum atomic E-state index is 11.2. The van der Waals surface area contributed by atoms with Crippen LogP contribution in [0.1, 0.15) is 17.3 Å². The standard InChI is InChI=1S/C10H8BrN3O/c1-7(15)8-2-10(5-12-3-8)14-6-9(11)4-13-14/h2-6H,1H3. The summed E-state index contributed by atoms with van der Waals surface area (Å²) >= 11 is 3.31. The average Bonchev–Trinajstić information content (AvgIpc) is 2.65. The van der Waals surface area contributed by atoms with Crippen LogP contribution in [0.2, 0.25) is 0 Å². The van der Waals surface area contributed by atoms with Gasteiger partial charge in [-0.1, -0.05) is 0 Å². The lowest BCUT2D eigenvalue weighted by Crippen LogP contribution is -1.99. The second kappa shape index (κ2) is 3.94. The van der Waals surface area contributed by atoms with E-state index in [1.54, 1.807) is 35.5 Å². The summed E-state index contributed by atoms with van der Waals surface area (Å²) in [5.74, 6) is -0.00410. The Morgan fingerprint density at radius 3 is 2.80 bits per heavy atom. The minimum atomic E-state index is -0.00410. The number of carbonyl (C=O) groups is 1. The Labute approximate surface area is 95.1 Å². The van der Waals surface area contributed by atoms with Gasteiger partial charge in [0.15, 0.2) is 5.78 Å². The molecule has 4 nitrogen and oxygen atoms in total. The zero-order valence-corrected chi connectivity index (χ0v) is 9.60. The van der Waals surface area contributed by atoms with Gasteiger partial charge in [0.1, 0.15) is 0 Å². The van der Waals surface area contributed by atoms with E-state index in [1.807, 2.05) is 0 Å². The van der Waals surface area contributed by atoms with Crippen LogP contribution >= 0.6 is 15.9 Å². The molecule has 2 aromatic heterocycles. The number of halogens is 1. The Hall–Kier alpha value is -1.49. The van der Waals surface area contributed by atoms with E-state index in [-0.39, 0.29) is 5.78 Å². The molecule has 5 heteroatoms. The summed E-state index contributed by atoms with van der Waals surface area (Å²) in [6.45, 7) is 1.51. The lowest BCUT2D eigenvalue weighted by atomic mass is 10.2. The maximum Gasteiger partial charge on any atom is 0.161 e. The van der Waals surface area contributed by atoms with E-state index in [9.17, 15) is 4.79 Å². The van der Waals surface area contributed by atoms with Crippen LogP contribution in [0.5, 0.6) is 0 Å². The highest BCUT2D eigenvalue weighted by Gasteiger charge is 2.03. The minimum absolute atomic E-state index is 0.00410. The van der Waals surface area contributed by atoms with Crippen LogP contribution in [-0.2, 0) is 0 Å². The smallest absolute Gasteiger partial charge is 0.161 e. The van der Waals surface area contributed by atoms with Gasteiger partial charge < -0.3 is 0 Å². The molecule has 0 bridgehead atoms. The highest BCUT2D eigenvalue weighted by atomic mass is 79.9. The fourth-order valence-corrected chi connectivity index (χ4v) is 1.47. The number of hydrogen-bond donors (Lipinski definition) is 0. The van der Waals surface area contributed by atoms with Crippen LogP contribution in [0.3, 0.4) is 0 Å². The molecule has 0 spiro atoms. The molecular weight excluding hydrogens is 258 g/mol. The van der Waals surface area contributed by atoms with E-state index in [1.165, 1.54) is 6.92 Å². The van der Waals surface area contributed by atoms with Gasteiger partial charge in [0.2, 0.25) is 0 Å². The largest absolute Gasteiger partial charge is 0.294 e. The molecule has 0 unspecified atom stereocenters. The number of pyridine rings is 1. The molecule has 0 fully saturated rings. The molecule has 0 saturated heterocycles. The van der Waals surface area contributed by atoms with Crippen LogP contribution in [0, 0.1) is 0 Å². The van der Waals surface area contributed by atoms with Crippen molar-refractivity contribution in [3.63, 3.8) is 0 Å². The third-order valence-corrected chi connectivity index (χ3v) is 2.36. The number of hydrogen-bond acceptors (Lipinski definition) is 3. The van der Waals surface area contributed by atoms with Crippen molar-refractivity contribution in [3.8, 4) is 5.69 Å². The van der Waals surface area contributed by atoms with Gasteiger partial charge in [-0.05, 0) is 28.9 Å². The summed E-state index contributed by atoms with van der Waals surface area (Å²) in [7, 11) is 0. The fraction of sp³-hybridized carbons (Fsp3) is 0.100. The van der Waals surface area contributed by atoms with E-state index < -0.39 is 0 Å². The molecule has 0 aliphatic rings. The zero-order valence-electron chi connectivity index (χ0n) is 8.01. The summed E-state index contributed by atoms with van der Waals surface area (Å²) < 4.78 is 2.54. The normalized spacial score (nSPS) is 10.3. The number of Topliss-reactive ketones (excluding diaryl/α,β-unsaturated/α-hetero) is 1. The second-order valence-corrected chi connectivity index (χ2v) is 4.01. The van der Waals surface area contributed by atoms with Crippen molar-refractivity contribution in [3.05, 3.63) is 40.9 Å². The van der Waals surface area contributed by atoms with E-state index >= 15 is 0 Å². The molecule has 0 aliphatic heterocycles. The van der Waals surface area contributed by atoms with Gasteiger partial charge >= 0.3 is 0 Å². The maximum absolute atomic E-state index is 11.2. The molecule has 0 aromatic carbocycles. The number of rotatable bonds is 2. The molecular formula is C10H8BrN3O. The SMILES string of the molecule is CC(=O)c1cncc(-n2cc(Br)cn2)c1. The lowest BCUT2D eigenvalue weighted by Gasteiger charge is -2.01. The molecule has 0 N–H and O–H groups in total. The second-order valence-electron chi connectivity index (χ2n) is 3.09. The summed E-state index contributed by atoms with van der Waals surface area (Å²) in [4.78, 5) is 15.1. The molecule has 15 heavy (non-hydrogen) atoms. The Bertz CT molecular complexity index is 507. The highest BCUT2D eigenvalue weighted by molar-refractivity contribution is 9.10. The number of aromatic nitrogens is 3. The van der Waals surface area contributed by atoms with Crippen molar-refractivity contribution in [1.29, 1.82) is 0 Å². The van der Waals surface area contributed by atoms with Crippen molar-refractivity contribution >= 4 is 21.7 Å². The van der Waals surface area contributed by atoms with Gasteiger partial charge in [-0.3, -0.25) is 9.78 Å². The van der Waals surface area contributed by atoms with Crippen molar-refractivity contribution in [2.24, 2.45) is 0 Å². The summed E-state index contributed by atoms with van der Waals surface area (Å²) in [5, 5.41) is 4.10. The average molecular weight is 266 g/mol. The molecule has 76 valence electrons. The number of carbonyl (C=O) groups excluding carboxylic acids is 1. The van der Waals surface area contributed by atoms with Gasteiger partial charge in [0, 0.05) is 18.0 Å². The molecule has 2 rings (SSSR count). The third-order valence-electron chi connectivity index (χ3n) is 1.95. The zero-order chi connectivity index (χ0) is 10.8. The molecule has 0 saturated carbocycles. The van der Waals surface area contributed by atoms with Gasteiger partial charge in [0.25, 0.3) is 0 Å². The van der Waals surface area contributed by atoms with Gasteiger partial charge in [0.05, 0.1) is 22.6 Å². The molecule has 0 atom stereocenters. The van der Waals surface area contributed by atoms with E-state index in [0.29, 0.717) is 5.56 Å². The topological polar surface area (TPSA) is 47.8 Å². The van der Waals surface area contributed by atoms with Crippen LogP contribution < -0.4 is 0 Å². The van der Waals surface area contributed by atoms with Crippen molar-refractivity contribution in [1.82, 2.24) is 14.8 Å². The van der Waals surface area contributed by atoms with Crippen LogP contribution in [-0.4, -0.2) is 20.5 Å². The van der Waals surface area contributed by atoms with Gasteiger partial charge in [-0.25, -0.2) is 4.68 Å². The molecule has 0 aliphatic carbocycles. The van der Waals surface area contributed by atoms with Crippen LogP contribution in [0.15, 0.2) is 35.3 Å². The predicted octanol–water partition coefficient (Wildman–Crippen LogP) is 2.23. The Balaban J connectivity index is 2.45. The Kier molecular flexibility index (Phi) is 2.64. The first-order chi connectivity index (χ1) is 7.16. The summed E-state index contributed by atoms with van der Waals surface area (Å²) in [6, 6.07) is 1.76. The third kappa shape index (κ3) is 2.12. The van der Waals surface area contributed by atoms with E-state index in [4.69, 9.17) is 0 Å². The van der Waals surface area contributed by atoms with E-state index in [0.717, 1.165) is 10.2 Å². The minimum Gasteiger partial charge on any atom is -0.294 e. The Morgan fingerprint density at radius 2 is 2.20 bits per heavy atom. The molecule has 2 aromatic rings. The van der Waals surface area contributed by atoms with Crippen molar-refractivity contribution in [2.75, 3.05) is 0 Å². The number of nitrogens with zero attached hydrogens (tertiary/aromatic N) is 3. The summed E-state index contributed by atoms with van der Waals surface area (Å²) in [5.41, 5.74) is 1.35. The van der Waals surface area contributed by atoms with Crippen molar-refractivity contribution in [2.45, 2.75) is 6.92 Å². The lowest BCUT2D eigenvalue weighted by molar-refractivity contribution is 0.101. The van der Waals surface area contributed by atoms with Gasteiger partial charge in [-0.15, -0.1) is 0 Å². The summed E-state index contributed by atoms with van der Waals surface area (Å²) in [6.07, 6.45) is 6.69. The van der Waals surface area contributed by atoms with Gasteiger partial charge in [-0.2, -0.15) is 5.10 Å². The Morgan fingerprint density at radius 1 is 1.40 bits per heavy atom. The molecule has 2 heterocycles. The first-order valence-electron chi connectivity index (χ1n) is 4.33. The quantitative estimate of drug-likeness (QED) is 0.783. The first kappa shape index (κ1) is 10.0. The molecule has 0 amide bonds. The van der Waals surface area contributed by atoms with Crippen molar-refractivity contribution < 1.29 is 4.79 Å².